The molecule has 1 unspecified atom stereocenters. The summed E-state index contributed by atoms with van der Waals surface area (Å²) in [6, 6.07) is 10.8. The number of nitrogens with zero attached hydrogens (tertiary/aromatic N) is 2. The minimum Gasteiger partial charge on any atom is -0.496 e. The number of methoxy groups -OCH3 is 1. The van der Waals surface area contributed by atoms with Crippen LogP contribution >= 0.6 is 11.6 Å². The van der Waals surface area contributed by atoms with Crippen molar-refractivity contribution in [2.45, 2.75) is 45.2 Å². The summed E-state index contributed by atoms with van der Waals surface area (Å²) in [5.74, 6) is 0.616. The van der Waals surface area contributed by atoms with Crippen LogP contribution in [0.3, 0.4) is 0 Å². The Morgan fingerprint density at radius 1 is 1.25 bits per heavy atom. The zero-order valence-electron chi connectivity index (χ0n) is 19.0. The zero-order valence-corrected chi connectivity index (χ0v) is 19.8. The van der Waals surface area contributed by atoms with Crippen LogP contribution in [0, 0.1) is 0 Å². The molecule has 7 heteroatoms. The number of amides is 3. The molecule has 0 saturated carbocycles. The number of carbonyl (C=O) groups excluding carboxylic acids is 2. The number of urea groups is 1. The molecule has 2 aliphatic rings. The first-order chi connectivity index (χ1) is 15.1. The second kappa shape index (κ2) is 8.17. The molecule has 6 nitrogen and oxygen atoms in total. The number of rotatable bonds is 4. The van der Waals surface area contributed by atoms with Gasteiger partial charge in [0, 0.05) is 34.9 Å². The largest absolute Gasteiger partial charge is 0.496 e. The predicted octanol–water partition coefficient (Wildman–Crippen LogP) is 5.16. The quantitative estimate of drug-likeness (QED) is 0.512. The maximum Gasteiger partial charge on any atom is 0.329 e. The van der Waals surface area contributed by atoms with Gasteiger partial charge in [0.05, 0.1) is 13.7 Å². The number of imide groups is 1. The third-order valence-electron chi connectivity index (χ3n) is 6.53. The van der Waals surface area contributed by atoms with Gasteiger partial charge >= 0.3 is 6.03 Å². The van der Waals surface area contributed by atoms with Gasteiger partial charge in [0.15, 0.2) is 0 Å². The molecule has 32 heavy (non-hydrogen) atoms. The van der Waals surface area contributed by atoms with Crippen LogP contribution in [0.25, 0.3) is 6.08 Å². The number of hydrogen-bond acceptors (Lipinski definition) is 4. The molecule has 0 spiro atoms. The molecule has 2 heterocycles. The molecule has 2 aromatic carbocycles. The highest BCUT2D eigenvalue weighted by Gasteiger charge is 2.36. The lowest BCUT2D eigenvalue weighted by Gasteiger charge is -2.45. The van der Waals surface area contributed by atoms with Gasteiger partial charge in [-0.2, -0.15) is 0 Å². The van der Waals surface area contributed by atoms with Gasteiger partial charge in [-0.25, -0.2) is 4.79 Å². The fourth-order valence-electron chi connectivity index (χ4n) is 4.57. The van der Waals surface area contributed by atoms with Crippen LogP contribution in [0.5, 0.6) is 5.75 Å². The number of ether oxygens (including phenoxy) is 1. The number of benzene rings is 2. The number of carbonyl (C=O) groups is 2. The number of fused-ring (bicyclic) bond motifs is 1. The maximum absolute atomic E-state index is 13.0. The minimum atomic E-state index is -0.465. The summed E-state index contributed by atoms with van der Waals surface area (Å²) in [5, 5.41) is 3.21. The van der Waals surface area contributed by atoms with Crippen molar-refractivity contribution < 1.29 is 14.3 Å². The molecule has 3 amide bonds. The average molecular weight is 454 g/mol. The van der Waals surface area contributed by atoms with E-state index in [1.807, 2.05) is 18.2 Å². The summed E-state index contributed by atoms with van der Waals surface area (Å²) in [7, 11) is 3.70. The van der Waals surface area contributed by atoms with Crippen LogP contribution in [-0.2, 0) is 11.3 Å². The van der Waals surface area contributed by atoms with E-state index in [-0.39, 0.29) is 23.7 Å². The molecule has 2 aromatic rings. The Morgan fingerprint density at radius 3 is 2.66 bits per heavy atom. The molecule has 1 N–H and O–H groups in total. The van der Waals surface area contributed by atoms with Gasteiger partial charge in [0.1, 0.15) is 11.4 Å². The lowest BCUT2D eigenvalue weighted by Crippen LogP contribution is -2.45. The average Bonchev–Trinajstić information content (AvgIpc) is 3.00. The van der Waals surface area contributed by atoms with Crippen LogP contribution in [0.15, 0.2) is 42.1 Å². The van der Waals surface area contributed by atoms with Crippen LogP contribution in [0.1, 0.15) is 49.8 Å². The molecule has 0 bridgehead atoms. The fraction of sp³-hybridized carbons (Fsp3) is 0.360. The van der Waals surface area contributed by atoms with Crippen molar-refractivity contribution in [2.24, 2.45) is 0 Å². The Hall–Kier alpha value is -2.99. The lowest BCUT2D eigenvalue weighted by molar-refractivity contribution is -0.123. The molecular formula is C25H28ClN3O3. The van der Waals surface area contributed by atoms with E-state index < -0.39 is 6.03 Å². The number of halogens is 1. The summed E-state index contributed by atoms with van der Waals surface area (Å²) >= 11 is 6.21. The van der Waals surface area contributed by atoms with Crippen molar-refractivity contribution in [1.82, 2.24) is 10.2 Å². The first kappa shape index (κ1) is 22.2. The Morgan fingerprint density at radius 2 is 1.97 bits per heavy atom. The molecule has 0 aliphatic carbocycles. The van der Waals surface area contributed by atoms with E-state index in [0.717, 1.165) is 22.6 Å². The van der Waals surface area contributed by atoms with Gasteiger partial charge in [-0.15, -0.1) is 0 Å². The highest BCUT2D eigenvalue weighted by Crippen LogP contribution is 2.45. The summed E-state index contributed by atoms with van der Waals surface area (Å²) in [6.45, 7) is 6.79. The van der Waals surface area contributed by atoms with E-state index in [1.165, 1.54) is 5.56 Å². The van der Waals surface area contributed by atoms with Gasteiger partial charge in [0.2, 0.25) is 0 Å². The molecule has 168 valence electrons. The second-order valence-electron chi connectivity index (χ2n) is 9.10. The van der Waals surface area contributed by atoms with E-state index in [1.54, 1.807) is 25.3 Å². The minimum absolute atomic E-state index is 0.0337. The Bertz CT molecular complexity index is 1130. The summed E-state index contributed by atoms with van der Waals surface area (Å²) < 4.78 is 5.65. The summed E-state index contributed by atoms with van der Waals surface area (Å²) in [6.07, 6.45) is 2.71. The first-order valence-electron chi connectivity index (χ1n) is 10.7. The van der Waals surface area contributed by atoms with Gasteiger partial charge in [-0.3, -0.25) is 9.69 Å². The molecule has 1 atom stereocenters. The van der Waals surface area contributed by atoms with Crippen molar-refractivity contribution in [3.63, 3.8) is 0 Å². The van der Waals surface area contributed by atoms with E-state index in [4.69, 9.17) is 16.3 Å². The highest BCUT2D eigenvalue weighted by molar-refractivity contribution is 6.31. The summed E-state index contributed by atoms with van der Waals surface area (Å²) in [5.41, 5.74) is 4.04. The Kier molecular flexibility index (Phi) is 5.67. The van der Waals surface area contributed by atoms with E-state index in [2.05, 4.69) is 44.1 Å². The fourth-order valence-corrected chi connectivity index (χ4v) is 4.76. The van der Waals surface area contributed by atoms with E-state index in [0.29, 0.717) is 22.3 Å². The molecule has 0 aromatic heterocycles. The van der Waals surface area contributed by atoms with E-state index in [9.17, 15) is 9.59 Å². The molecule has 1 fully saturated rings. The Labute approximate surface area is 193 Å². The van der Waals surface area contributed by atoms with Crippen LogP contribution < -0.4 is 15.0 Å². The normalized spacial score (nSPS) is 21.1. The Balaban J connectivity index is 1.68. The number of anilines is 1. The first-order valence-corrected chi connectivity index (χ1v) is 11.0. The topological polar surface area (TPSA) is 61.9 Å². The van der Waals surface area contributed by atoms with Crippen molar-refractivity contribution in [3.05, 3.63) is 63.8 Å². The SMILES string of the molecule is COc1cc2c(cc1/C=C1/NC(=O)N(Cc3ccccc3Cl)C1=O)C(C)CC(C)(C)N2C. The number of hydrogen-bond donors (Lipinski definition) is 1. The van der Waals surface area contributed by atoms with Crippen molar-refractivity contribution in [3.8, 4) is 5.75 Å². The molecule has 2 aliphatic heterocycles. The third-order valence-corrected chi connectivity index (χ3v) is 6.90. The predicted molar refractivity (Wildman–Crippen MR) is 127 cm³/mol. The van der Waals surface area contributed by atoms with Crippen molar-refractivity contribution in [1.29, 1.82) is 0 Å². The zero-order chi connectivity index (χ0) is 23.2. The molecule has 1 saturated heterocycles. The summed E-state index contributed by atoms with van der Waals surface area (Å²) in [4.78, 5) is 29.0. The smallest absolute Gasteiger partial charge is 0.329 e. The molecule has 4 rings (SSSR count). The number of nitrogens with one attached hydrogen (secondary N) is 1. The van der Waals surface area contributed by atoms with Gasteiger partial charge in [0.25, 0.3) is 5.91 Å². The van der Waals surface area contributed by atoms with Crippen molar-refractivity contribution in [2.75, 3.05) is 19.1 Å². The standard InChI is InChI=1S/C25H28ClN3O3/c1-15-13-25(2,3)28(4)21-12-22(32-5)17(10-18(15)21)11-20-23(30)29(24(31)27-20)14-16-8-6-7-9-19(16)26/h6-12,15H,13-14H2,1-5H3,(H,27,31)/b20-11+. The third kappa shape index (κ3) is 3.84. The highest BCUT2D eigenvalue weighted by atomic mass is 35.5. The molecular weight excluding hydrogens is 426 g/mol. The second-order valence-corrected chi connectivity index (χ2v) is 9.51. The van der Waals surface area contributed by atoms with Crippen LogP contribution in [-0.4, -0.2) is 36.5 Å². The van der Waals surface area contributed by atoms with Crippen LogP contribution in [0.4, 0.5) is 10.5 Å². The van der Waals surface area contributed by atoms with Gasteiger partial charge in [-0.1, -0.05) is 36.7 Å². The monoisotopic (exact) mass is 453 g/mol. The lowest BCUT2D eigenvalue weighted by atomic mass is 9.80. The van der Waals surface area contributed by atoms with Gasteiger partial charge in [-0.05, 0) is 55.5 Å². The maximum atomic E-state index is 13.0. The molecule has 0 radical (unpaired) electrons. The van der Waals surface area contributed by atoms with Gasteiger partial charge < -0.3 is 15.0 Å². The van der Waals surface area contributed by atoms with E-state index >= 15 is 0 Å². The van der Waals surface area contributed by atoms with Crippen LogP contribution in [0.2, 0.25) is 5.02 Å². The van der Waals surface area contributed by atoms with Crippen molar-refractivity contribution >= 4 is 35.3 Å².